The Kier molecular flexibility index (Phi) is 8.46. The Hall–Kier alpha value is -2.85. The lowest BCUT2D eigenvalue weighted by molar-refractivity contribution is -0.126. The van der Waals surface area contributed by atoms with Crippen LogP contribution in [-0.2, 0) is 4.79 Å². The van der Waals surface area contributed by atoms with Gasteiger partial charge in [-0.25, -0.2) is 0 Å². The Morgan fingerprint density at radius 2 is 1.71 bits per heavy atom. The number of nitrogens with zero attached hydrogens (tertiary/aromatic N) is 4. The Labute approximate surface area is 210 Å². The summed E-state index contributed by atoms with van der Waals surface area (Å²) in [5.41, 5.74) is 1.76. The number of hydrogen-bond donors (Lipinski definition) is 2. The molecular weight excluding hydrogens is 464 g/mol. The monoisotopic (exact) mass is 498 g/mol. The predicted octanol–water partition coefficient (Wildman–Crippen LogP) is 2.94. The highest BCUT2D eigenvalue weighted by Gasteiger charge is 2.30. The molecule has 2 N–H and O–H groups in total. The van der Waals surface area contributed by atoms with Gasteiger partial charge in [0.2, 0.25) is 15.9 Å². The zero-order chi connectivity index (χ0) is 24.8. The van der Waals surface area contributed by atoms with Gasteiger partial charge in [-0.2, -0.15) is 0 Å². The quantitative estimate of drug-likeness (QED) is 0.608. The summed E-state index contributed by atoms with van der Waals surface area (Å²) >= 11 is 0.988. The predicted molar refractivity (Wildman–Crippen MR) is 136 cm³/mol. The van der Waals surface area contributed by atoms with E-state index in [0.29, 0.717) is 44.2 Å². The van der Waals surface area contributed by atoms with Gasteiger partial charge in [-0.15, -0.1) is 10.2 Å². The van der Waals surface area contributed by atoms with E-state index >= 15 is 0 Å². The number of piperidine rings is 2. The van der Waals surface area contributed by atoms with E-state index < -0.39 is 0 Å². The normalized spacial score (nSPS) is 19.4. The molecule has 2 aromatic rings. The van der Waals surface area contributed by atoms with Crippen molar-refractivity contribution in [1.82, 2.24) is 25.3 Å². The van der Waals surface area contributed by atoms with Gasteiger partial charge in [-0.05, 0) is 58.2 Å². The largest absolute Gasteiger partial charge is 0.355 e. The van der Waals surface area contributed by atoms with Crippen molar-refractivity contribution in [2.24, 2.45) is 5.92 Å². The second-order valence-corrected chi connectivity index (χ2v) is 10.4. The van der Waals surface area contributed by atoms with E-state index in [0.717, 1.165) is 30.0 Å². The van der Waals surface area contributed by atoms with Crippen LogP contribution in [0.4, 0.5) is 5.69 Å². The van der Waals surface area contributed by atoms with Crippen molar-refractivity contribution < 1.29 is 14.4 Å². The highest BCUT2D eigenvalue weighted by Crippen LogP contribution is 2.21. The van der Waals surface area contributed by atoms with Gasteiger partial charge in [0.1, 0.15) is 0 Å². The topological polar surface area (TPSA) is 108 Å². The molecule has 0 aliphatic carbocycles. The van der Waals surface area contributed by atoms with E-state index in [1.165, 1.54) is 19.3 Å². The number of carbonyl (C=O) groups excluding carboxylic acids is 3. The second kappa shape index (κ2) is 11.7. The fraction of sp³-hybridized carbons (Fsp3) is 0.560. The highest BCUT2D eigenvalue weighted by atomic mass is 32.1. The molecule has 2 saturated heterocycles. The van der Waals surface area contributed by atoms with Gasteiger partial charge in [-0.1, -0.05) is 35.5 Å². The zero-order valence-electron chi connectivity index (χ0n) is 20.5. The number of likely N-dealkylation sites (tertiary alicyclic amines) is 2. The maximum atomic E-state index is 12.9. The molecule has 0 radical (unpaired) electrons. The Balaban J connectivity index is 1.21. The van der Waals surface area contributed by atoms with Gasteiger partial charge in [0.25, 0.3) is 11.8 Å². The smallest absolute Gasteiger partial charge is 0.286 e. The second-order valence-electron chi connectivity index (χ2n) is 9.47. The summed E-state index contributed by atoms with van der Waals surface area (Å²) in [7, 11) is 0. The van der Waals surface area contributed by atoms with Crippen LogP contribution in [0.5, 0.6) is 0 Å². The molecule has 0 saturated carbocycles. The van der Waals surface area contributed by atoms with E-state index in [-0.39, 0.29) is 33.7 Å². The lowest BCUT2D eigenvalue weighted by Gasteiger charge is -2.34. The number of benzene rings is 1. The Morgan fingerprint density at radius 1 is 1.00 bits per heavy atom. The van der Waals surface area contributed by atoms with Gasteiger partial charge in [0, 0.05) is 43.8 Å². The number of aryl methyl sites for hydroxylation is 1. The molecule has 0 spiro atoms. The summed E-state index contributed by atoms with van der Waals surface area (Å²) in [5, 5.41) is 14.0. The minimum atomic E-state index is -0.389. The summed E-state index contributed by atoms with van der Waals surface area (Å²) in [6.45, 7) is 7.88. The van der Waals surface area contributed by atoms with Crippen LogP contribution in [0.3, 0.4) is 0 Å². The first-order valence-electron chi connectivity index (χ1n) is 12.4. The minimum absolute atomic E-state index is 0.0766. The fourth-order valence-corrected chi connectivity index (χ4v) is 5.37. The molecule has 2 aliphatic heterocycles. The van der Waals surface area contributed by atoms with E-state index in [4.69, 9.17) is 0 Å². The highest BCUT2D eigenvalue weighted by molar-refractivity contribution is 7.15. The lowest BCUT2D eigenvalue weighted by atomic mass is 9.96. The van der Waals surface area contributed by atoms with E-state index in [1.54, 1.807) is 4.90 Å². The Morgan fingerprint density at radius 3 is 2.43 bits per heavy atom. The van der Waals surface area contributed by atoms with Crippen LogP contribution < -0.4 is 10.6 Å². The summed E-state index contributed by atoms with van der Waals surface area (Å²) in [6.07, 6.45) is 5.00. The first-order valence-corrected chi connectivity index (χ1v) is 13.2. The molecule has 35 heavy (non-hydrogen) atoms. The van der Waals surface area contributed by atoms with Crippen LogP contribution >= 0.6 is 11.3 Å². The maximum absolute atomic E-state index is 12.9. The van der Waals surface area contributed by atoms with Crippen molar-refractivity contribution in [2.45, 2.75) is 52.0 Å². The van der Waals surface area contributed by atoms with E-state index in [2.05, 4.69) is 32.7 Å². The van der Waals surface area contributed by atoms with Gasteiger partial charge < -0.3 is 15.5 Å². The number of aromatic nitrogens is 2. The summed E-state index contributed by atoms with van der Waals surface area (Å²) in [5.74, 6) is -0.634. The van der Waals surface area contributed by atoms with Crippen molar-refractivity contribution >= 4 is 34.7 Å². The molecule has 188 valence electrons. The maximum Gasteiger partial charge on any atom is 0.286 e. The van der Waals surface area contributed by atoms with E-state index in [9.17, 15) is 14.4 Å². The molecule has 4 rings (SSSR count). The molecule has 2 fully saturated rings. The van der Waals surface area contributed by atoms with Gasteiger partial charge in [0.05, 0.1) is 0 Å². The third-order valence-corrected chi connectivity index (χ3v) is 7.81. The van der Waals surface area contributed by atoms with Crippen LogP contribution in [0.2, 0.25) is 0 Å². The van der Waals surface area contributed by atoms with Crippen molar-refractivity contribution in [1.29, 1.82) is 0 Å². The van der Waals surface area contributed by atoms with Gasteiger partial charge >= 0.3 is 0 Å². The lowest BCUT2D eigenvalue weighted by Crippen LogP contribution is -2.46. The average Bonchev–Trinajstić information content (AvgIpc) is 3.37. The summed E-state index contributed by atoms with van der Waals surface area (Å²) in [6, 6.07) is 8.03. The molecule has 1 aromatic carbocycles. The standard InChI is InChI=1S/C25H34N6O3S/c1-17-6-8-20(9-7-17)27-22(33)23-28-29-24(35-23)25(34)31-14-10-19(11-15-31)21(32)26-12-16-30-13-4-3-5-18(30)2/h6-9,18-19H,3-5,10-16H2,1-2H3,(H,26,32)(H,27,33)/t18-/m0/s1. The zero-order valence-corrected chi connectivity index (χ0v) is 21.3. The minimum Gasteiger partial charge on any atom is -0.355 e. The summed E-state index contributed by atoms with van der Waals surface area (Å²) < 4.78 is 0. The molecule has 10 heteroatoms. The molecule has 0 unspecified atom stereocenters. The van der Waals surface area contributed by atoms with Crippen LogP contribution in [0.1, 0.15) is 64.2 Å². The molecule has 1 aromatic heterocycles. The number of carbonyl (C=O) groups is 3. The average molecular weight is 499 g/mol. The number of anilines is 1. The van der Waals surface area contributed by atoms with Crippen molar-refractivity contribution in [2.75, 3.05) is 38.0 Å². The van der Waals surface area contributed by atoms with Crippen molar-refractivity contribution in [3.8, 4) is 0 Å². The fourth-order valence-electron chi connectivity index (χ4n) is 4.66. The van der Waals surface area contributed by atoms with Crippen LogP contribution in [0, 0.1) is 12.8 Å². The number of amides is 3. The van der Waals surface area contributed by atoms with Gasteiger partial charge in [0.15, 0.2) is 0 Å². The third-order valence-electron chi connectivity index (χ3n) is 6.90. The van der Waals surface area contributed by atoms with Crippen LogP contribution in [-0.4, -0.2) is 76.5 Å². The van der Waals surface area contributed by atoms with Crippen LogP contribution in [0.15, 0.2) is 24.3 Å². The van der Waals surface area contributed by atoms with Crippen molar-refractivity contribution in [3.63, 3.8) is 0 Å². The molecular formula is C25H34N6O3S. The van der Waals surface area contributed by atoms with E-state index in [1.807, 2.05) is 31.2 Å². The first-order chi connectivity index (χ1) is 16.9. The molecule has 0 bridgehead atoms. The van der Waals surface area contributed by atoms with Crippen molar-refractivity contribution in [3.05, 3.63) is 39.8 Å². The number of rotatable bonds is 7. The summed E-state index contributed by atoms with van der Waals surface area (Å²) in [4.78, 5) is 42.1. The number of nitrogens with one attached hydrogen (secondary N) is 2. The molecule has 3 amide bonds. The Bertz CT molecular complexity index is 1030. The van der Waals surface area contributed by atoms with Crippen LogP contribution in [0.25, 0.3) is 0 Å². The van der Waals surface area contributed by atoms with Gasteiger partial charge in [-0.3, -0.25) is 19.3 Å². The molecule has 3 heterocycles. The molecule has 9 nitrogen and oxygen atoms in total. The number of hydrogen-bond acceptors (Lipinski definition) is 7. The molecule has 1 atom stereocenters. The molecule has 2 aliphatic rings. The SMILES string of the molecule is Cc1ccc(NC(=O)c2nnc(C(=O)N3CCC(C(=O)NCCN4CCCC[C@@H]4C)CC3)s2)cc1. The third kappa shape index (κ3) is 6.64. The first kappa shape index (κ1) is 25.2.